The Morgan fingerprint density at radius 1 is 1.15 bits per heavy atom. The maximum Gasteiger partial charge on any atom is 0.411 e. The average molecular weight is 454 g/mol. The number of hydrogen-bond acceptors (Lipinski definition) is 7. The molecule has 0 radical (unpaired) electrons. The lowest BCUT2D eigenvalue weighted by Crippen LogP contribution is -2.23. The van der Waals surface area contributed by atoms with E-state index in [1.807, 2.05) is 44.2 Å². The van der Waals surface area contributed by atoms with Crippen LogP contribution in [-0.2, 0) is 11.5 Å². The van der Waals surface area contributed by atoms with Crippen LogP contribution in [0.5, 0.6) is 0 Å². The van der Waals surface area contributed by atoms with Gasteiger partial charge in [0.2, 0.25) is 0 Å². The van der Waals surface area contributed by atoms with E-state index in [9.17, 15) is 20.4 Å². The molecule has 3 N–H and O–H groups in total. The van der Waals surface area contributed by atoms with Gasteiger partial charge in [-0.3, -0.25) is 5.32 Å². The molecule has 1 amide bonds. The number of carbonyl (C=O) groups is 1. The Balaban J connectivity index is 1.85. The first-order chi connectivity index (χ1) is 16.4. The van der Waals surface area contributed by atoms with Gasteiger partial charge in [-0.15, -0.1) is 0 Å². The minimum Gasteiger partial charge on any atom is -0.453 e. The van der Waals surface area contributed by atoms with E-state index in [2.05, 4.69) is 32.6 Å². The fourth-order valence-corrected chi connectivity index (χ4v) is 4.20. The Morgan fingerprint density at radius 3 is 2.35 bits per heavy atom. The van der Waals surface area contributed by atoms with E-state index in [1.54, 1.807) is 12.1 Å². The number of nitrogens with one attached hydrogen (secondary N) is 2. The Morgan fingerprint density at radius 2 is 1.79 bits per heavy atom. The summed E-state index contributed by atoms with van der Waals surface area (Å²) in [6.45, 7) is 3.33. The Hall–Kier alpha value is -4.60. The standard InChI is InChI=1S/C25H22N6O3/c1-14-20(11-26)23(21(12-27)15(2)28-14)17-6-9-22-19(10-17)24(30-31(22)13-32)16-4-7-18(8-5-16)29-25(33)34-3/h4-10,23,28,32H,13H2,1-3H3,(H,29,33). The third kappa shape index (κ3) is 3.85. The maximum atomic E-state index is 11.5. The van der Waals surface area contributed by atoms with Gasteiger partial charge in [0, 0.05) is 28.0 Å². The van der Waals surface area contributed by atoms with Crippen LogP contribution in [0.1, 0.15) is 25.3 Å². The molecule has 0 atom stereocenters. The second-order valence-electron chi connectivity index (χ2n) is 7.82. The van der Waals surface area contributed by atoms with Crippen molar-refractivity contribution in [1.29, 1.82) is 10.5 Å². The normalized spacial score (nSPS) is 13.9. The van der Waals surface area contributed by atoms with Gasteiger partial charge in [-0.2, -0.15) is 15.6 Å². The van der Waals surface area contributed by atoms with Gasteiger partial charge in [-0.1, -0.05) is 18.2 Å². The number of ether oxygens (including phenoxy) is 1. The quantitative estimate of drug-likeness (QED) is 0.539. The summed E-state index contributed by atoms with van der Waals surface area (Å²) in [5.41, 5.74) is 5.85. The van der Waals surface area contributed by atoms with Crippen LogP contribution < -0.4 is 10.6 Å². The fraction of sp³-hybridized carbons (Fsp3) is 0.200. The van der Waals surface area contributed by atoms with E-state index in [1.165, 1.54) is 11.8 Å². The van der Waals surface area contributed by atoms with Crippen LogP contribution in [0, 0.1) is 22.7 Å². The number of methoxy groups -OCH3 is 1. The molecule has 34 heavy (non-hydrogen) atoms. The lowest BCUT2D eigenvalue weighted by atomic mass is 9.81. The molecule has 0 bridgehead atoms. The summed E-state index contributed by atoms with van der Waals surface area (Å²) >= 11 is 0. The molecule has 3 aromatic rings. The smallest absolute Gasteiger partial charge is 0.411 e. The van der Waals surface area contributed by atoms with E-state index in [0.717, 1.165) is 16.5 Å². The highest BCUT2D eigenvalue weighted by Gasteiger charge is 2.30. The van der Waals surface area contributed by atoms with Crippen LogP contribution in [0.15, 0.2) is 65.0 Å². The number of dihydropyridines is 1. The number of fused-ring (bicyclic) bond motifs is 1. The zero-order valence-electron chi connectivity index (χ0n) is 18.9. The second kappa shape index (κ2) is 9.10. The number of aromatic nitrogens is 2. The van der Waals surface area contributed by atoms with Crippen molar-refractivity contribution in [1.82, 2.24) is 15.1 Å². The number of aliphatic hydroxyl groups is 1. The van der Waals surface area contributed by atoms with Gasteiger partial charge >= 0.3 is 6.09 Å². The molecule has 9 nitrogen and oxygen atoms in total. The van der Waals surface area contributed by atoms with E-state index in [4.69, 9.17) is 0 Å². The first-order valence-electron chi connectivity index (χ1n) is 10.5. The molecule has 2 heterocycles. The van der Waals surface area contributed by atoms with E-state index in [-0.39, 0.29) is 6.73 Å². The Kier molecular flexibility index (Phi) is 6.05. The van der Waals surface area contributed by atoms with Crippen LogP contribution in [0.4, 0.5) is 10.5 Å². The molecule has 0 saturated carbocycles. The fourth-order valence-electron chi connectivity index (χ4n) is 4.20. The SMILES string of the molecule is COC(=O)Nc1ccc(-c2nn(CO)c3ccc(C4C(C#N)=C(C)NC(C)=C4C#N)cc23)cc1. The molecule has 1 aromatic heterocycles. The third-order valence-corrected chi connectivity index (χ3v) is 5.83. The number of amides is 1. The van der Waals surface area contributed by atoms with Crippen molar-refractivity contribution in [3.63, 3.8) is 0 Å². The lowest BCUT2D eigenvalue weighted by molar-refractivity contribution is 0.187. The molecule has 1 aliphatic rings. The van der Waals surface area contributed by atoms with Crippen molar-refractivity contribution in [2.75, 3.05) is 12.4 Å². The van der Waals surface area contributed by atoms with Crippen molar-refractivity contribution in [3.05, 3.63) is 70.6 Å². The van der Waals surface area contributed by atoms with Gasteiger partial charge in [0.25, 0.3) is 0 Å². The molecule has 0 fully saturated rings. The van der Waals surface area contributed by atoms with Gasteiger partial charge in [0.15, 0.2) is 0 Å². The molecule has 0 spiro atoms. The van der Waals surface area contributed by atoms with Crippen LogP contribution in [0.2, 0.25) is 0 Å². The van der Waals surface area contributed by atoms with Gasteiger partial charge in [-0.25, -0.2) is 9.48 Å². The topological polar surface area (TPSA) is 136 Å². The second-order valence-corrected chi connectivity index (χ2v) is 7.82. The predicted octanol–water partition coefficient (Wildman–Crippen LogP) is 4.11. The summed E-state index contributed by atoms with van der Waals surface area (Å²) in [7, 11) is 1.29. The molecule has 4 rings (SSSR count). The van der Waals surface area contributed by atoms with E-state index in [0.29, 0.717) is 39.4 Å². The molecular formula is C25H22N6O3. The third-order valence-electron chi connectivity index (χ3n) is 5.83. The Bertz CT molecular complexity index is 1400. The van der Waals surface area contributed by atoms with Gasteiger partial charge in [0.05, 0.1) is 41.8 Å². The maximum absolute atomic E-state index is 11.5. The molecule has 0 unspecified atom stereocenters. The summed E-state index contributed by atoms with van der Waals surface area (Å²) in [6, 6.07) is 17.2. The number of nitriles is 2. The van der Waals surface area contributed by atoms with Crippen LogP contribution >= 0.6 is 0 Å². The first kappa shape index (κ1) is 22.6. The molecule has 0 saturated heterocycles. The van der Waals surface area contributed by atoms with Crippen LogP contribution in [0.25, 0.3) is 22.2 Å². The molecule has 2 aromatic carbocycles. The largest absolute Gasteiger partial charge is 0.453 e. The molecule has 9 heteroatoms. The molecule has 1 aliphatic heterocycles. The number of hydrogen-bond donors (Lipinski definition) is 3. The number of benzene rings is 2. The van der Waals surface area contributed by atoms with Crippen molar-refractivity contribution < 1.29 is 14.6 Å². The number of nitrogens with zero attached hydrogens (tertiary/aromatic N) is 4. The van der Waals surface area contributed by atoms with Crippen molar-refractivity contribution in [2.45, 2.75) is 26.5 Å². The van der Waals surface area contributed by atoms with E-state index >= 15 is 0 Å². The highest BCUT2D eigenvalue weighted by molar-refractivity contribution is 5.94. The summed E-state index contributed by atoms with van der Waals surface area (Å²) < 4.78 is 6.10. The zero-order valence-corrected chi connectivity index (χ0v) is 18.9. The van der Waals surface area contributed by atoms with Crippen molar-refractivity contribution >= 4 is 22.7 Å². The predicted molar refractivity (Wildman–Crippen MR) is 126 cm³/mol. The van der Waals surface area contributed by atoms with Crippen molar-refractivity contribution in [3.8, 4) is 23.4 Å². The van der Waals surface area contributed by atoms with E-state index < -0.39 is 12.0 Å². The minimum atomic E-state index is -0.567. The summed E-state index contributed by atoms with van der Waals surface area (Å²) in [6.07, 6.45) is -0.567. The van der Waals surface area contributed by atoms with Crippen LogP contribution in [-0.4, -0.2) is 28.1 Å². The van der Waals surface area contributed by atoms with Gasteiger partial charge < -0.3 is 15.2 Å². The summed E-state index contributed by atoms with van der Waals surface area (Å²) in [4.78, 5) is 11.5. The number of aliphatic hydroxyl groups excluding tert-OH is 1. The number of anilines is 1. The highest BCUT2D eigenvalue weighted by Crippen LogP contribution is 2.39. The average Bonchev–Trinajstić information content (AvgIpc) is 3.22. The summed E-state index contributed by atoms with van der Waals surface area (Å²) in [5.74, 6) is -0.502. The lowest BCUT2D eigenvalue weighted by Gasteiger charge is -2.26. The molecule has 0 aliphatic carbocycles. The highest BCUT2D eigenvalue weighted by atomic mass is 16.5. The monoisotopic (exact) mass is 454 g/mol. The zero-order chi connectivity index (χ0) is 24.4. The number of carbonyl (C=O) groups excluding carboxylic acids is 1. The molecule has 170 valence electrons. The molecular weight excluding hydrogens is 432 g/mol. The first-order valence-corrected chi connectivity index (χ1v) is 10.5. The Labute approximate surface area is 196 Å². The van der Waals surface area contributed by atoms with Gasteiger partial charge in [0.1, 0.15) is 12.4 Å². The summed E-state index contributed by atoms with van der Waals surface area (Å²) in [5, 5.41) is 40.5. The minimum absolute atomic E-state index is 0.309. The van der Waals surface area contributed by atoms with Crippen molar-refractivity contribution in [2.24, 2.45) is 0 Å². The number of allylic oxidation sites excluding steroid dienone is 4. The van der Waals surface area contributed by atoms with Gasteiger partial charge in [-0.05, 0) is 43.7 Å². The van der Waals surface area contributed by atoms with Crippen LogP contribution in [0.3, 0.4) is 0 Å². The number of rotatable bonds is 4.